The maximum atomic E-state index is 14.0. The fraction of sp³-hybridized carbons (Fsp3) is 0.346. The Hall–Kier alpha value is -3.48. The lowest BCUT2D eigenvalue weighted by atomic mass is 9.96. The number of nitrogens with zero attached hydrogens (tertiary/aromatic N) is 4. The molecular weight excluding hydrogens is 521 g/mol. The van der Waals surface area contributed by atoms with E-state index in [2.05, 4.69) is 10.2 Å². The minimum atomic E-state index is -4.64. The van der Waals surface area contributed by atoms with Gasteiger partial charge in [0.2, 0.25) is 5.88 Å². The predicted molar refractivity (Wildman–Crippen MR) is 136 cm³/mol. The van der Waals surface area contributed by atoms with E-state index in [1.54, 1.807) is 24.4 Å². The monoisotopic (exact) mass is 546 g/mol. The van der Waals surface area contributed by atoms with E-state index >= 15 is 0 Å². The van der Waals surface area contributed by atoms with Crippen molar-refractivity contribution in [3.05, 3.63) is 78.2 Å². The van der Waals surface area contributed by atoms with Crippen LogP contribution in [0.2, 0.25) is 0 Å². The molecule has 0 amide bonds. The first-order valence-electron chi connectivity index (χ1n) is 12.0. The SMILES string of the molecule is COc1ccc(CC(c2sc(=O)n(CCN3CC[C@H](O)C3)c2O)=c2ccc3c(c2)C=NN=3)c(C(F)(F)F)c1. The summed E-state index contributed by atoms with van der Waals surface area (Å²) in [6.07, 6.45) is -3.06. The van der Waals surface area contributed by atoms with Crippen molar-refractivity contribution < 1.29 is 28.1 Å². The van der Waals surface area contributed by atoms with Crippen molar-refractivity contribution in [2.24, 2.45) is 10.2 Å². The largest absolute Gasteiger partial charge is 0.497 e. The van der Waals surface area contributed by atoms with Crippen LogP contribution in [0.4, 0.5) is 13.2 Å². The van der Waals surface area contributed by atoms with E-state index in [-0.39, 0.29) is 35.0 Å². The number of fused-ring (bicyclic) bond motifs is 1. The zero-order valence-corrected chi connectivity index (χ0v) is 21.2. The quantitative estimate of drug-likeness (QED) is 0.473. The van der Waals surface area contributed by atoms with Crippen LogP contribution in [0.15, 0.2) is 51.4 Å². The van der Waals surface area contributed by atoms with Crippen molar-refractivity contribution >= 4 is 23.1 Å². The first kappa shape index (κ1) is 26.1. The second-order valence-corrected chi connectivity index (χ2v) is 10.2. The van der Waals surface area contributed by atoms with Gasteiger partial charge >= 0.3 is 11.0 Å². The average Bonchev–Trinajstić information content (AvgIpc) is 3.59. The fourth-order valence-electron chi connectivity index (χ4n) is 4.74. The number of likely N-dealkylation sites (tertiary alicyclic amines) is 1. The number of rotatable bonds is 7. The number of thiazole rings is 1. The van der Waals surface area contributed by atoms with Crippen LogP contribution in [0.3, 0.4) is 0 Å². The zero-order valence-electron chi connectivity index (χ0n) is 20.4. The van der Waals surface area contributed by atoms with Crippen LogP contribution in [0.1, 0.15) is 28.0 Å². The lowest BCUT2D eigenvalue weighted by molar-refractivity contribution is -0.138. The molecule has 0 spiro atoms. The number of aromatic nitrogens is 1. The van der Waals surface area contributed by atoms with Crippen LogP contribution in [-0.2, 0) is 19.1 Å². The molecule has 1 aromatic heterocycles. The molecule has 0 aliphatic carbocycles. The van der Waals surface area contributed by atoms with E-state index < -0.39 is 22.7 Å². The number of alkyl halides is 3. The van der Waals surface area contributed by atoms with Crippen LogP contribution in [0.25, 0.3) is 5.57 Å². The first-order chi connectivity index (χ1) is 18.1. The Balaban J connectivity index is 1.61. The highest BCUT2D eigenvalue weighted by Crippen LogP contribution is 2.37. The van der Waals surface area contributed by atoms with Crippen molar-refractivity contribution in [3.63, 3.8) is 0 Å². The average molecular weight is 547 g/mol. The topological polar surface area (TPSA) is 99.7 Å². The van der Waals surface area contributed by atoms with Crippen molar-refractivity contribution in [1.29, 1.82) is 0 Å². The number of methoxy groups -OCH3 is 1. The van der Waals surface area contributed by atoms with Gasteiger partial charge in [-0.05, 0) is 47.0 Å². The molecule has 1 saturated heterocycles. The second-order valence-electron chi connectivity index (χ2n) is 9.21. The highest BCUT2D eigenvalue weighted by atomic mass is 32.1. The molecule has 3 aromatic rings. The standard InChI is InChI=1S/C26H25F3N4O4S/c1-37-19-4-2-16(21(12-19)26(27,28)29)11-20(15-3-5-22-17(10-15)13-30-31-22)23-24(35)33(25(36)38-23)9-8-32-7-6-18(34)14-32/h2-5,10,12-13,18,34-35H,6-9,11,14H2,1H3/t18-/m0/s1. The predicted octanol–water partition coefficient (Wildman–Crippen LogP) is 2.12. The molecule has 0 unspecified atom stereocenters. The van der Waals surface area contributed by atoms with Crippen LogP contribution >= 0.6 is 11.3 Å². The summed E-state index contributed by atoms with van der Waals surface area (Å²) in [6, 6.07) is 8.88. The number of hydrogen-bond acceptors (Lipinski definition) is 8. The molecule has 8 nitrogen and oxygen atoms in total. The maximum absolute atomic E-state index is 14.0. The Morgan fingerprint density at radius 3 is 2.74 bits per heavy atom. The molecule has 12 heteroatoms. The molecule has 0 bridgehead atoms. The molecule has 2 aromatic carbocycles. The van der Waals surface area contributed by atoms with Gasteiger partial charge in [-0.15, -0.1) is 0 Å². The van der Waals surface area contributed by atoms with Gasteiger partial charge in [-0.25, -0.2) is 0 Å². The summed E-state index contributed by atoms with van der Waals surface area (Å²) in [4.78, 5) is 14.7. The van der Waals surface area contributed by atoms with E-state index in [4.69, 9.17) is 4.74 Å². The van der Waals surface area contributed by atoms with Crippen LogP contribution in [-0.4, -0.2) is 58.7 Å². The molecule has 0 radical (unpaired) electrons. The lowest BCUT2D eigenvalue weighted by Gasteiger charge is -2.16. The van der Waals surface area contributed by atoms with E-state index in [9.17, 15) is 28.2 Å². The van der Waals surface area contributed by atoms with E-state index in [1.807, 2.05) is 4.90 Å². The lowest BCUT2D eigenvalue weighted by Crippen LogP contribution is -2.28. The molecule has 3 heterocycles. The minimum absolute atomic E-state index is 0.0231. The molecule has 2 aliphatic heterocycles. The normalized spacial score (nSPS) is 18.0. The van der Waals surface area contributed by atoms with Gasteiger partial charge in [0.15, 0.2) is 0 Å². The summed E-state index contributed by atoms with van der Waals surface area (Å²) >= 11 is 0.790. The van der Waals surface area contributed by atoms with Crippen LogP contribution < -0.4 is 20.2 Å². The summed E-state index contributed by atoms with van der Waals surface area (Å²) in [5.74, 6) is -0.223. The third-order valence-electron chi connectivity index (χ3n) is 6.76. The van der Waals surface area contributed by atoms with Gasteiger partial charge in [0, 0.05) is 38.2 Å². The van der Waals surface area contributed by atoms with Gasteiger partial charge < -0.3 is 14.9 Å². The summed E-state index contributed by atoms with van der Waals surface area (Å²) in [7, 11) is 1.30. The number of aliphatic hydroxyl groups excluding tert-OH is 1. The van der Waals surface area contributed by atoms with Crippen molar-refractivity contribution in [2.45, 2.75) is 31.7 Å². The van der Waals surface area contributed by atoms with Gasteiger partial charge in [-0.2, -0.15) is 23.4 Å². The second kappa shape index (κ2) is 10.4. The number of halogens is 3. The Morgan fingerprint density at radius 1 is 1.21 bits per heavy atom. The Kier molecular flexibility index (Phi) is 7.12. The Bertz CT molecular complexity index is 1580. The fourth-order valence-corrected chi connectivity index (χ4v) is 5.72. The molecule has 38 heavy (non-hydrogen) atoms. The highest BCUT2D eigenvalue weighted by molar-refractivity contribution is 7.10. The Labute approximate surface area is 219 Å². The summed E-state index contributed by atoms with van der Waals surface area (Å²) in [5.41, 5.74) is 0.180. The Morgan fingerprint density at radius 2 is 2.03 bits per heavy atom. The van der Waals surface area contributed by atoms with Gasteiger partial charge in [-0.3, -0.25) is 14.3 Å². The molecule has 2 aliphatic rings. The minimum Gasteiger partial charge on any atom is -0.497 e. The van der Waals surface area contributed by atoms with E-state index in [0.717, 1.165) is 17.4 Å². The van der Waals surface area contributed by atoms with Crippen LogP contribution in [0, 0.1) is 0 Å². The summed E-state index contributed by atoms with van der Waals surface area (Å²) in [6.45, 7) is 1.81. The molecule has 1 atom stereocenters. The maximum Gasteiger partial charge on any atom is 0.416 e. The smallest absolute Gasteiger partial charge is 0.416 e. The third-order valence-corrected chi connectivity index (χ3v) is 7.79. The molecule has 2 N–H and O–H groups in total. The van der Waals surface area contributed by atoms with Crippen molar-refractivity contribution in [1.82, 2.24) is 9.47 Å². The van der Waals surface area contributed by atoms with Crippen molar-refractivity contribution in [3.8, 4) is 11.6 Å². The number of aromatic hydroxyl groups is 1. The number of benzene rings is 2. The zero-order chi connectivity index (χ0) is 27.0. The number of ether oxygens (including phenoxy) is 1. The molecule has 5 rings (SSSR count). The van der Waals surface area contributed by atoms with Crippen molar-refractivity contribution in [2.75, 3.05) is 26.7 Å². The summed E-state index contributed by atoms with van der Waals surface area (Å²) < 4.78 is 48.3. The van der Waals surface area contributed by atoms with Gasteiger partial charge in [0.1, 0.15) is 5.75 Å². The van der Waals surface area contributed by atoms with E-state index in [0.29, 0.717) is 47.8 Å². The van der Waals surface area contributed by atoms with E-state index in [1.165, 1.54) is 23.8 Å². The number of hydrogen-bond donors (Lipinski definition) is 2. The molecular formula is C26H25F3N4O4S. The summed E-state index contributed by atoms with van der Waals surface area (Å²) in [5, 5.41) is 30.0. The highest BCUT2D eigenvalue weighted by Gasteiger charge is 2.34. The molecule has 1 fully saturated rings. The van der Waals surface area contributed by atoms with Gasteiger partial charge in [-0.1, -0.05) is 23.5 Å². The first-order valence-corrected chi connectivity index (χ1v) is 12.8. The third kappa shape index (κ3) is 5.24. The molecule has 200 valence electrons. The van der Waals surface area contributed by atoms with Gasteiger partial charge in [0.25, 0.3) is 0 Å². The molecule has 0 saturated carbocycles. The number of β-amino-alcohol motifs (C(OH)–C–C–N with tert-alkyl or cyclic N) is 1. The number of aliphatic hydroxyl groups is 1. The van der Waals surface area contributed by atoms with Crippen LogP contribution in [0.5, 0.6) is 11.6 Å². The van der Waals surface area contributed by atoms with Gasteiger partial charge in [0.05, 0.1) is 35.2 Å².